The minimum Gasteiger partial charge on any atom is -0.309 e. The van der Waals surface area contributed by atoms with Crippen LogP contribution in [0.1, 0.15) is 5.56 Å². The van der Waals surface area contributed by atoms with Crippen LogP contribution in [0.4, 0.5) is 0 Å². The minimum absolute atomic E-state index is 0.589. The molecule has 83 heavy (non-hydrogen) atoms. The van der Waals surface area contributed by atoms with E-state index in [4.69, 9.17) is 15.0 Å². The fraction of sp³-hybridized carbons (Fsp3) is 0.0132. The van der Waals surface area contributed by atoms with Crippen LogP contribution in [0.15, 0.2) is 279 Å². The van der Waals surface area contributed by atoms with Gasteiger partial charge in [0.15, 0.2) is 17.5 Å². The molecule has 0 radical (unpaired) electrons. The Balaban J connectivity index is 0.928. The largest absolute Gasteiger partial charge is 0.309 e. The Morgan fingerprint density at radius 3 is 1.01 bits per heavy atom. The van der Waals surface area contributed by atoms with E-state index in [-0.39, 0.29) is 0 Å². The van der Waals surface area contributed by atoms with E-state index in [9.17, 15) is 0 Å². The molecule has 0 aliphatic carbocycles. The predicted octanol–water partition coefficient (Wildman–Crippen LogP) is 19.2. The number of aryl methyl sites for hydroxylation is 1. The van der Waals surface area contributed by atoms with E-state index in [1.54, 1.807) is 0 Å². The lowest BCUT2D eigenvalue weighted by Crippen LogP contribution is -2.04. The number of benzene rings is 12. The topological polar surface area (TPSA) is 58.4 Å². The standard InChI is InChI=1S/C76H49N7/c1-48-36-41-70(82-68-34-18-12-28-58(68)62-46-52(38-42-71(62)82)80-64-30-14-8-24-54(64)55-25-9-15-31-65(55)80)61(44-48)60-40-37-51(76-78-74(49-20-4-2-5-21-49)77-75(79-76)50-22-6-3-7-23-50)45-73(60)83-69-35-19-13-29-59(69)63-47-53(39-43-72(63)83)81-66-32-16-10-26-56(66)57-27-11-17-33-67(57)81/h2-47H,1H3. The highest BCUT2D eigenvalue weighted by molar-refractivity contribution is 6.15. The Labute approximate surface area is 477 Å². The molecule has 7 heteroatoms. The van der Waals surface area contributed by atoms with E-state index in [2.05, 4.69) is 268 Å². The summed E-state index contributed by atoms with van der Waals surface area (Å²) in [5.74, 6) is 1.82. The third-order valence-electron chi connectivity index (χ3n) is 16.9. The van der Waals surface area contributed by atoms with Gasteiger partial charge in [-0.25, -0.2) is 15.0 Å². The van der Waals surface area contributed by atoms with Crippen molar-refractivity contribution in [2.75, 3.05) is 0 Å². The Kier molecular flexibility index (Phi) is 10.4. The molecule has 17 rings (SSSR count). The summed E-state index contributed by atoms with van der Waals surface area (Å²) in [7, 11) is 0. The quantitative estimate of drug-likeness (QED) is 0.152. The summed E-state index contributed by atoms with van der Waals surface area (Å²) in [6.07, 6.45) is 0. The van der Waals surface area contributed by atoms with Crippen molar-refractivity contribution in [2.45, 2.75) is 6.92 Å². The van der Waals surface area contributed by atoms with Gasteiger partial charge in [-0.3, -0.25) is 0 Å². The number of nitrogens with zero attached hydrogens (tertiary/aromatic N) is 7. The molecule has 0 bridgehead atoms. The van der Waals surface area contributed by atoms with Gasteiger partial charge in [-0.15, -0.1) is 0 Å². The van der Waals surface area contributed by atoms with Crippen molar-refractivity contribution >= 4 is 87.2 Å². The summed E-state index contributed by atoms with van der Waals surface area (Å²) < 4.78 is 9.76. The maximum absolute atomic E-state index is 5.30. The summed E-state index contributed by atoms with van der Waals surface area (Å²) in [5.41, 5.74) is 19.5. The average molecular weight is 1060 g/mol. The second kappa shape index (κ2) is 18.5. The van der Waals surface area contributed by atoms with Gasteiger partial charge in [0.05, 0.1) is 55.5 Å². The smallest absolute Gasteiger partial charge is 0.164 e. The van der Waals surface area contributed by atoms with Crippen molar-refractivity contribution < 1.29 is 0 Å². The van der Waals surface area contributed by atoms with E-state index >= 15 is 0 Å². The number of hydrogen-bond donors (Lipinski definition) is 0. The molecule has 0 saturated carbocycles. The van der Waals surface area contributed by atoms with Gasteiger partial charge in [0.2, 0.25) is 0 Å². The van der Waals surface area contributed by atoms with Crippen molar-refractivity contribution in [1.82, 2.24) is 33.2 Å². The first-order valence-corrected chi connectivity index (χ1v) is 28.3. The molecular weight excluding hydrogens is 1010 g/mol. The molecule has 7 nitrogen and oxygen atoms in total. The zero-order chi connectivity index (χ0) is 54.7. The Hall–Kier alpha value is -11.2. The first-order valence-electron chi connectivity index (χ1n) is 28.3. The summed E-state index contributed by atoms with van der Waals surface area (Å²) >= 11 is 0. The van der Waals surface area contributed by atoms with Crippen molar-refractivity contribution in [3.8, 4) is 68.0 Å². The van der Waals surface area contributed by atoms with Gasteiger partial charge in [-0.2, -0.15) is 0 Å². The fourth-order valence-electron chi connectivity index (χ4n) is 13.2. The molecule has 0 aliphatic rings. The van der Waals surface area contributed by atoms with Crippen molar-refractivity contribution in [2.24, 2.45) is 0 Å². The van der Waals surface area contributed by atoms with Gasteiger partial charge in [0.1, 0.15) is 0 Å². The molecule has 5 heterocycles. The fourth-order valence-corrected chi connectivity index (χ4v) is 13.2. The lowest BCUT2D eigenvalue weighted by molar-refractivity contribution is 1.07. The number of rotatable bonds is 8. The van der Waals surface area contributed by atoms with Gasteiger partial charge < -0.3 is 18.3 Å². The van der Waals surface area contributed by atoms with Crippen LogP contribution in [0.2, 0.25) is 0 Å². The zero-order valence-corrected chi connectivity index (χ0v) is 45.2. The molecule has 0 aliphatic heterocycles. The Morgan fingerprint density at radius 2 is 0.578 bits per heavy atom. The van der Waals surface area contributed by atoms with Crippen LogP contribution in [-0.4, -0.2) is 33.2 Å². The lowest BCUT2D eigenvalue weighted by Gasteiger charge is -2.20. The van der Waals surface area contributed by atoms with E-state index < -0.39 is 0 Å². The van der Waals surface area contributed by atoms with E-state index in [1.165, 1.54) is 54.4 Å². The number of para-hydroxylation sites is 6. The molecule has 0 spiro atoms. The highest BCUT2D eigenvalue weighted by atomic mass is 15.0. The van der Waals surface area contributed by atoms with Gasteiger partial charge >= 0.3 is 0 Å². The van der Waals surface area contributed by atoms with Crippen molar-refractivity contribution in [1.29, 1.82) is 0 Å². The van der Waals surface area contributed by atoms with E-state index in [1.807, 2.05) is 36.4 Å². The average Bonchev–Trinajstić information content (AvgIpc) is 4.40. The summed E-state index contributed by atoms with van der Waals surface area (Å²) in [5, 5.41) is 9.63. The summed E-state index contributed by atoms with van der Waals surface area (Å²) in [4.78, 5) is 15.7. The lowest BCUT2D eigenvalue weighted by atomic mass is 9.97. The number of hydrogen-bond acceptors (Lipinski definition) is 3. The SMILES string of the molecule is Cc1ccc(-n2c3ccccc3c3cc(-n4c5ccccc5c5ccccc54)ccc32)c(-c2ccc(-c3nc(-c4ccccc4)nc(-c4ccccc4)n3)cc2-n2c3ccccc3c3cc(-n4c5ccccc5c5ccccc54)ccc32)c1. The molecule has 5 aromatic heterocycles. The third kappa shape index (κ3) is 7.28. The van der Waals surface area contributed by atoms with Crippen LogP contribution in [0.5, 0.6) is 0 Å². The van der Waals surface area contributed by atoms with Crippen molar-refractivity contribution in [3.63, 3.8) is 0 Å². The van der Waals surface area contributed by atoms with Gasteiger partial charge in [0.25, 0.3) is 0 Å². The van der Waals surface area contributed by atoms with Crippen LogP contribution in [0.25, 0.3) is 155 Å². The first-order chi connectivity index (χ1) is 41.1. The number of aromatic nitrogens is 7. The molecule has 0 fully saturated rings. The molecule has 0 N–H and O–H groups in total. The summed E-state index contributed by atoms with van der Waals surface area (Å²) in [6, 6.07) is 101. The van der Waals surface area contributed by atoms with Crippen LogP contribution in [0.3, 0.4) is 0 Å². The monoisotopic (exact) mass is 1060 g/mol. The maximum atomic E-state index is 5.30. The summed E-state index contributed by atoms with van der Waals surface area (Å²) in [6.45, 7) is 2.20. The Bertz CT molecular complexity index is 5300. The molecule has 12 aromatic carbocycles. The van der Waals surface area contributed by atoms with Gasteiger partial charge in [0, 0.05) is 82.3 Å². The second-order valence-electron chi connectivity index (χ2n) is 21.6. The van der Waals surface area contributed by atoms with Gasteiger partial charge in [-0.1, -0.05) is 194 Å². The predicted molar refractivity (Wildman–Crippen MR) is 344 cm³/mol. The van der Waals surface area contributed by atoms with E-state index in [0.717, 1.165) is 89.0 Å². The second-order valence-corrected chi connectivity index (χ2v) is 21.6. The zero-order valence-electron chi connectivity index (χ0n) is 45.2. The van der Waals surface area contributed by atoms with Crippen LogP contribution < -0.4 is 0 Å². The molecule has 0 amide bonds. The normalized spacial score (nSPS) is 11.9. The molecule has 0 atom stereocenters. The minimum atomic E-state index is 0.589. The van der Waals surface area contributed by atoms with E-state index in [0.29, 0.717) is 17.5 Å². The molecule has 0 unspecified atom stereocenters. The molecule has 17 aromatic rings. The molecule has 388 valence electrons. The molecule has 0 saturated heterocycles. The van der Waals surface area contributed by atoms with Crippen LogP contribution in [0, 0.1) is 6.92 Å². The first kappa shape index (κ1) is 46.7. The van der Waals surface area contributed by atoms with Gasteiger partial charge in [-0.05, 0) is 97.9 Å². The van der Waals surface area contributed by atoms with Crippen LogP contribution in [-0.2, 0) is 0 Å². The van der Waals surface area contributed by atoms with Crippen LogP contribution >= 0.6 is 0 Å². The number of fused-ring (bicyclic) bond motifs is 12. The maximum Gasteiger partial charge on any atom is 0.164 e. The highest BCUT2D eigenvalue weighted by Gasteiger charge is 2.24. The van der Waals surface area contributed by atoms with Crippen molar-refractivity contribution in [3.05, 3.63) is 285 Å². The highest BCUT2D eigenvalue weighted by Crippen LogP contribution is 2.45. The third-order valence-corrected chi connectivity index (χ3v) is 16.9. The Morgan fingerprint density at radius 1 is 0.229 bits per heavy atom. The molecular formula is C76H49N7.